The van der Waals surface area contributed by atoms with Crippen LogP contribution >= 0.6 is 15.9 Å². The average molecular weight is 301 g/mol. The third-order valence-corrected chi connectivity index (χ3v) is 3.37. The molecule has 1 saturated heterocycles. The summed E-state index contributed by atoms with van der Waals surface area (Å²) in [4.78, 5) is 10.7. The molecule has 1 aromatic heterocycles. The SMILES string of the molecule is CNc1ncc(Br)c(N(C)CC2CCCO2)n1. The van der Waals surface area contributed by atoms with Gasteiger partial charge in [0.05, 0.1) is 10.6 Å². The van der Waals surface area contributed by atoms with Crippen molar-refractivity contribution in [1.29, 1.82) is 0 Å². The number of hydrogen-bond donors (Lipinski definition) is 1. The number of halogens is 1. The van der Waals surface area contributed by atoms with Crippen LogP contribution in [0.1, 0.15) is 12.8 Å². The molecular weight excluding hydrogens is 284 g/mol. The third kappa shape index (κ3) is 3.07. The highest BCUT2D eigenvalue weighted by molar-refractivity contribution is 9.10. The van der Waals surface area contributed by atoms with Crippen molar-refractivity contribution >= 4 is 27.7 Å². The molecule has 1 atom stereocenters. The standard InChI is InChI=1S/C11H17BrN4O/c1-13-11-14-6-9(12)10(15-11)16(2)7-8-4-3-5-17-8/h6,8H,3-5,7H2,1-2H3,(H,13,14,15). The quantitative estimate of drug-likeness (QED) is 0.920. The van der Waals surface area contributed by atoms with E-state index in [4.69, 9.17) is 4.74 Å². The van der Waals surface area contributed by atoms with E-state index >= 15 is 0 Å². The maximum atomic E-state index is 5.63. The smallest absolute Gasteiger partial charge is 0.224 e. The Morgan fingerprint density at radius 3 is 3.12 bits per heavy atom. The van der Waals surface area contributed by atoms with Gasteiger partial charge in [0.25, 0.3) is 0 Å². The Bertz CT molecular complexity index is 382. The second kappa shape index (κ2) is 5.64. The molecule has 1 aliphatic heterocycles. The number of likely N-dealkylation sites (N-methyl/N-ethyl adjacent to an activating group) is 1. The molecule has 0 amide bonds. The lowest BCUT2D eigenvalue weighted by atomic mass is 10.2. The van der Waals surface area contributed by atoms with Crippen LogP contribution in [0.3, 0.4) is 0 Å². The molecule has 2 heterocycles. The van der Waals surface area contributed by atoms with Crippen molar-refractivity contribution in [1.82, 2.24) is 9.97 Å². The van der Waals surface area contributed by atoms with Crippen LogP contribution in [0.2, 0.25) is 0 Å². The number of ether oxygens (including phenoxy) is 1. The van der Waals surface area contributed by atoms with Gasteiger partial charge in [-0.1, -0.05) is 0 Å². The highest BCUT2D eigenvalue weighted by atomic mass is 79.9. The zero-order chi connectivity index (χ0) is 12.3. The van der Waals surface area contributed by atoms with Crippen LogP contribution in [0.25, 0.3) is 0 Å². The summed E-state index contributed by atoms with van der Waals surface area (Å²) < 4.78 is 6.53. The Morgan fingerprint density at radius 2 is 2.47 bits per heavy atom. The topological polar surface area (TPSA) is 50.3 Å². The van der Waals surface area contributed by atoms with Gasteiger partial charge in [0.1, 0.15) is 5.82 Å². The van der Waals surface area contributed by atoms with Crippen molar-refractivity contribution < 1.29 is 4.74 Å². The second-order valence-electron chi connectivity index (χ2n) is 4.13. The maximum absolute atomic E-state index is 5.63. The number of nitrogens with zero attached hydrogens (tertiary/aromatic N) is 3. The Balaban J connectivity index is 2.08. The van der Waals surface area contributed by atoms with Gasteiger partial charge in [-0.2, -0.15) is 4.98 Å². The predicted molar refractivity (Wildman–Crippen MR) is 71.5 cm³/mol. The van der Waals surface area contributed by atoms with Crippen molar-refractivity contribution in [2.75, 3.05) is 37.5 Å². The number of nitrogens with one attached hydrogen (secondary N) is 1. The fourth-order valence-corrected chi connectivity index (χ4v) is 2.42. The Kier molecular flexibility index (Phi) is 4.17. The zero-order valence-corrected chi connectivity index (χ0v) is 11.7. The first-order chi connectivity index (χ1) is 8.20. The monoisotopic (exact) mass is 300 g/mol. The number of rotatable bonds is 4. The Morgan fingerprint density at radius 1 is 1.65 bits per heavy atom. The molecule has 1 unspecified atom stereocenters. The second-order valence-corrected chi connectivity index (χ2v) is 4.99. The van der Waals surface area contributed by atoms with E-state index in [0.717, 1.165) is 36.3 Å². The van der Waals surface area contributed by atoms with Crippen LogP contribution in [0, 0.1) is 0 Å². The normalized spacial score (nSPS) is 19.4. The first kappa shape index (κ1) is 12.6. The minimum Gasteiger partial charge on any atom is -0.376 e. The molecule has 1 aliphatic rings. The van der Waals surface area contributed by atoms with Gasteiger partial charge >= 0.3 is 0 Å². The molecule has 0 spiro atoms. The lowest BCUT2D eigenvalue weighted by Gasteiger charge is -2.22. The summed E-state index contributed by atoms with van der Waals surface area (Å²) in [5.41, 5.74) is 0. The molecule has 0 saturated carbocycles. The minimum atomic E-state index is 0.319. The molecule has 5 nitrogen and oxygen atoms in total. The highest BCUT2D eigenvalue weighted by Crippen LogP contribution is 2.24. The van der Waals surface area contributed by atoms with Gasteiger partial charge in [0.2, 0.25) is 5.95 Å². The molecular formula is C11H17BrN4O. The van der Waals surface area contributed by atoms with Crippen molar-refractivity contribution in [3.63, 3.8) is 0 Å². The summed E-state index contributed by atoms with van der Waals surface area (Å²) in [7, 11) is 3.83. The van der Waals surface area contributed by atoms with Crippen molar-refractivity contribution in [2.45, 2.75) is 18.9 Å². The van der Waals surface area contributed by atoms with E-state index in [0.29, 0.717) is 12.1 Å². The molecule has 6 heteroatoms. The van der Waals surface area contributed by atoms with Crippen LogP contribution in [0.5, 0.6) is 0 Å². The number of hydrogen-bond acceptors (Lipinski definition) is 5. The predicted octanol–water partition coefficient (Wildman–Crippen LogP) is 1.90. The third-order valence-electron chi connectivity index (χ3n) is 2.81. The Hall–Kier alpha value is -0.880. The fraction of sp³-hybridized carbons (Fsp3) is 0.636. The van der Waals surface area contributed by atoms with Crippen LogP contribution < -0.4 is 10.2 Å². The van der Waals surface area contributed by atoms with Crippen molar-refractivity contribution in [3.8, 4) is 0 Å². The van der Waals surface area contributed by atoms with Crippen LogP contribution in [0.4, 0.5) is 11.8 Å². The lowest BCUT2D eigenvalue weighted by Crippen LogP contribution is -2.29. The molecule has 0 radical (unpaired) electrons. The van der Waals surface area contributed by atoms with Crippen LogP contribution in [-0.2, 0) is 4.74 Å². The fourth-order valence-electron chi connectivity index (χ4n) is 1.93. The Labute approximate surface area is 110 Å². The van der Waals surface area contributed by atoms with E-state index in [2.05, 4.69) is 36.1 Å². The van der Waals surface area contributed by atoms with Gasteiger partial charge < -0.3 is 15.0 Å². The van der Waals surface area contributed by atoms with Crippen molar-refractivity contribution in [3.05, 3.63) is 10.7 Å². The molecule has 2 rings (SSSR count). The van der Waals surface area contributed by atoms with Gasteiger partial charge in [0.15, 0.2) is 0 Å². The highest BCUT2D eigenvalue weighted by Gasteiger charge is 2.19. The molecule has 1 fully saturated rings. The molecule has 1 N–H and O–H groups in total. The minimum absolute atomic E-state index is 0.319. The van der Waals surface area contributed by atoms with Gasteiger partial charge in [-0.15, -0.1) is 0 Å². The van der Waals surface area contributed by atoms with Gasteiger partial charge in [0, 0.05) is 33.4 Å². The summed E-state index contributed by atoms with van der Waals surface area (Å²) in [6.45, 7) is 1.74. The van der Waals surface area contributed by atoms with E-state index in [-0.39, 0.29) is 0 Å². The number of aromatic nitrogens is 2. The molecule has 94 valence electrons. The summed E-state index contributed by atoms with van der Waals surface area (Å²) in [5.74, 6) is 1.52. The van der Waals surface area contributed by atoms with Gasteiger partial charge in [-0.25, -0.2) is 4.98 Å². The van der Waals surface area contributed by atoms with Crippen LogP contribution in [-0.4, -0.2) is 43.3 Å². The number of anilines is 2. The maximum Gasteiger partial charge on any atom is 0.224 e. The van der Waals surface area contributed by atoms with E-state index in [1.54, 1.807) is 6.20 Å². The summed E-state index contributed by atoms with van der Waals surface area (Å²) >= 11 is 3.47. The molecule has 17 heavy (non-hydrogen) atoms. The summed E-state index contributed by atoms with van der Waals surface area (Å²) in [6.07, 6.45) is 4.37. The molecule has 1 aromatic rings. The first-order valence-electron chi connectivity index (χ1n) is 5.73. The van der Waals surface area contributed by atoms with Crippen molar-refractivity contribution in [2.24, 2.45) is 0 Å². The largest absolute Gasteiger partial charge is 0.376 e. The first-order valence-corrected chi connectivity index (χ1v) is 6.53. The molecule has 0 bridgehead atoms. The summed E-state index contributed by atoms with van der Waals surface area (Å²) in [5, 5.41) is 2.94. The molecule has 0 aromatic carbocycles. The average Bonchev–Trinajstić information content (AvgIpc) is 2.82. The van der Waals surface area contributed by atoms with E-state index < -0.39 is 0 Å². The molecule has 0 aliphatic carbocycles. The zero-order valence-electron chi connectivity index (χ0n) is 10.1. The van der Waals surface area contributed by atoms with E-state index in [9.17, 15) is 0 Å². The van der Waals surface area contributed by atoms with Gasteiger partial charge in [-0.05, 0) is 28.8 Å². The van der Waals surface area contributed by atoms with Crippen LogP contribution in [0.15, 0.2) is 10.7 Å². The lowest BCUT2D eigenvalue weighted by molar-refractivity contribution is 0.116. The van der Waals surface area contributed by atoms with E-state index in [1.165, 1.54) is 0 Å². The summed E-state index contributed by atoms with van der Waals surface area (Å²) in [6, 6.07) is 0. The van der Waals surface area contributed by atoms with Gasteiger partial charge in [-0.3, -0.25) is 0 Å². The van der Waals surface area contributed by atoms with E-state index in [1.807, 2.05) is 14.1 Å².